The van der Waals surface area contributed by atoms with Crippen LogP contribution in [0.25, 0.3) is 10.8 Å². The van der Waals surface area contributed by atoms with Gasteiger partial charge in [-0.15, -0.1) is 0 Å². The van der Waals surface area contributed by atoms with Crippen LogP contribution in [0.3, 0.4) is 0 Å². The fourth-order valence-corrected chi connectivity index (χ4v) is 5.62. The molecule has 0 heterocycles. The molecule has 0 amide bonds. The van der Waals surface area contributed by atoms with Crippen LogP contribution >= 0.6 is 0 Å². The monoisotopic (exact) mass is 510 g/mol. The second-order valence-corrected chi connectivity index (χ2v) is 11.4. The van der Waals surface area contributed by atoms with E-state index in [1.807, 2.05) is 12.1 Å². The van der Waals surface area contributed by atoms with Crippen LogP contribution in [0.4, 0.5) is 0 Å². The SMILES string of the molecule is CCCCCCCCCCc1ccc2cc(S(=O)(=O)[O-])c(CCCCCCCCCC)cc2c1.[Na+]. The Morgan fingerprint density at radius 3 is 1.60 bits per heavy atom. The van der Waals surface area contributed by atoms with E-state index in [0.717, 1.165) is 30.0 Å². The van der Waals surface area contributed by atoms with Crippen molar-refractivity contribution >= 4 is 20.9 Å². The third kappa shape index (κ3) is 13.1. The van der Waals surface area contributed by atoms with Gasteiger partial charge in [-0.1, -0.05) is 122 Å². The molecule has 0 fully saturated rings. The molecule has 0 unspecified atom stereocenters. The van der Waals surface area contributed by atoms with Crippen molar-refractivity contribution < 1.29 is 42.5 Å². The summed E-state index contributed by atoms with van der Waals surface area (Å²) in [5.41, 5.74) is 1.99. The third-order valence-electron chi connectivity index (χ3n) is 6.97. The number of unbranched alkanes of at least 4 members (excludes halogenated alkanes) is 14. The predicted octanol–water partition coefficient (Wildman–Crippen LogP) is 6.11. The van der Waals surface area contributed by atoms with E-state index in [9.17, 15) is 13.0 Å². The zero-order chi connectivity index (χ0) is 24.7. The zero-order valence-corrected chi connectivity index (χ0v) is 25.6. The summed E-state index contributed by atoms with van der Waals surface area (Å²) in [7, 11) is -4.47. The summed E-state index contributed by atoms with van der Waals surface area (Å²) in [6.07, 6.45) is 21.8. The molecule has 0 aliphatic carbocycles. The molecule has 2 rings (SSSR count). The molecule has 0 spiro atoms. The minimum absolute atomic E-state index is 0. The molecule has 3 nitrogen and oxygen atoms in total. The Balaban J connectivity index is 0.00000612. The number of rotatable bonds is 19. The molecule has 0 aliphatic heterocycles. The molecule has 0 saturated carbocycles. The zero-order valence-electron chi connectivity index (χ0n) is 22.7. The van der Waals surface area contributed by atoms with Gasteiger partial charge in [0.05, 0.1) is 4.90 Å². The maximum atomic E-state index is 11.9. The van der Waals surface area contributed by atoms with Crippen LogP contribution in [0.2, 0.25) is 0 Å². The fraction of sp³-hybridized carbons (Fsp3) is 0.667. The van der Waals surface area contributed by atoms with Gasteiger partial charge in [0.1, 0.15) is 10.1 Å². The number of benzene rings is 2. The molecular weight excluding hydrogens is 463 g/mol. The molecule has 5 heteroatoms. The van der Waals surface area contributed by atoms with Crippen molar-refractivity contribution in [1.29, 1.82) is 0 Å². The molecule has 0 saturated heterocycles. The molecule has 192 valence electrons. The largest absolute Gasteiger partial charge is 1.00 e. The van der Waals surface area contributed by atoms with Gasteiger partial charge in [0.2, 0.25) is 0 Å². The van der Waals surface area contributed by atoms with E-state index in [1.165, 1.54) is 95.5 Å². The molecule has 0 radical (unpaired) electrons. The molecule has 2 aromatic rings. The van der Waals surface area contributed by atoms with E-state index < -0.39 is 10.1 Å². The van der Waals surface area contributed by atoms with Crippen LogP contribution in [-0.2, 0) is 23.0 Å². The Hall–Kier alpha value is -0.390. The maximum Gasteiger partial charge on any atom is 1.00 e. The Bertz CT molecular complexity index is 940. The van der Waals surface area contributed by atoms with E-state index in [-0.39, 0.29) is 34.5 Å². The average Bonchev–Trinajstić information content (AvgIpc) is 2.81. The smallest absolute Gasteiger partial charge is 0.744 e. The van der Waals surface area contributed by atoms with Gasteiger partial charge in [-0.25, -0.2) is 8.42 Å². The van der Waals surface area contributed by atoms with Crippen molar-refractivity contribution in [1.82, 2.24) is 0 Å². The second-order valence-electron chi connectivity index (χ2n) is 10.0. The van der Waals surface area contributed by atoms with Crippen LogP contribution < -0.4 is 29.6 Å². The summed E-state index contributed by atoms with van der Waals surface area (Å²) in [5.74, 6) is 0. The van der Waals surface area contributed by atoms with Gasteiger partial charge in [-0.05, 0) is 59.7 Å². The van der Waals surface area contributed by atoms with Crippen molar-refractivity contribution in [3.63, 3.8) is 0 Å². The first-order valence-electron chi connectivity index (χ1n) is 14.0. The Morgan fingerprint density at radius 2 is 1.09 bits per heavy atom. The molecule has 0 aromatic heterocycles. The first-order valence-corrected chi connectivity index (χ1v) is 15.4. The van der Waals surface area contributed by atoms with Gasteiger partial charge in [0.25, 0.3) is 0 Å². The number of fused-ring (bicyclic) bond motifs is 1. The Kier molecular flexibility index (Phi) is 17.5. The summed E-state index contributed by atoms with van der Waals surface area (Å²) in [4.78, 5) is -0.0289. The van der Waals surface area contributed by atoms with Gasteiger partial charge in [0, 0.05) is 0 Å². The van der Waals surface area contributed by atoms with Crippen molar-refractivity contribution in [2.75, 3.05) is 0 Å². The van der Waals surface area contributed by atoms with Gasteiger partial charge in [0.15, 0.2) is 0 Å². The van der Waals surface area contributed by atoms with E-state index in [2.05, 4.69) is 26.0 Å². The van der Waals surface area contributed by atoms with Crippen molar-refractivity contribution in [3.05, 3.63) is 41.5 Å². The molecule has 0 bridgehead atoms. The fourth-order valence-electron chi connectivity index (χ4n) is 4.87. The first kappa shape index (κ1) is 32.6. The summed E-state index contributed by atoms with van der Waals surface area (Å²) >= 11 is 0. The average molecular weight is 511 g/mol. The maximum absolute atomic E-state index is 11.9. The van der Waals surface area contributed by atoms with Crippen LogP contribution in [0, 0.1) is 0 Å². The van der Waals surface area contributed by atoms with E-state index in [0.29, 0.717) is 12.0 Å². The van der Waals surface area contributed by atoms with Crippen LogP contribution in [0.15, 0.2) is 35.2 Å². The summed E-state index contributed by atoms with van der Waals surface area (Å²) in [6.45, 7) is 4.48. The topological polar surface area (TPSA) is 57.2 Å². The Labute approximate surface area is 237 Å². The second kappa shape index (κ2) is 18.8. The van der Waals surface area contributed by atoms with E-state index in [4.69, 9.17) is 0 Å². The number of hydrogen-bond donors (Lipinski definition) is 0. The third-order valence-corrected chi connectivity index (χ3v) is 7.89. The standard InChI is InChI=1S/C30H48O3S.Na/c1-3-5-7-9-11-13-15-17-19-26-21-22-27-25-30(34(31,32)33)28(24-29(27)23-26)20-18-16-14-12-10-8-6-4-2;/h21-25H,3-20H2,1-2H3,(H,31,32,33);/q;+1/p-1. The normalized spacial score (nSPS) is 11.6. The predicted molar refractivity (Wildman–Crippen MR) is 145 cm³/mol. The van der Waals surface area contributed by atoms with Crippen molar-refractivity contribution in [3.8, 4) is 0 Å². The van der Waals surface area contributed by atoms with E-state index in [1.54, 1.807) is 6.07 Å². The first-order chi connectivity index (χ1) is 16.5. The van der Waals surface area contributed by atoms with Crippen LogP contribution in [-0.4, -0.2) is 13.0 Å². The van der Waals surface area contributed by atoms with Gasteiger partial charge in [-0.2, -0.15) is 0 Å². The van der Waals surface area contributed by atoms with Gasteiger partial charge < -0.3 is 4.55 Å². The minimum Gasteiger partial charge on any atom is -0.744 e. The van der Waals surface area contributed by atoms with Crippen LogP contribution in [0.5, 0.6) is 0 Å². The van der Waals surface area contributed by atoms with Crippen molar-refractivity contribution in [2.45, 2.75) is 134 Å². The molecule has 0 aliphatic rings. The number of hydrogen-bond acceptors (Lipinski definition) is 3. The van der Waals surface area contributed by atoms with Crippen molar-refractivity contribution in [2.24, 2.45) is 0 Å². The molecular formula is C30H47NaO3S. The molecule has 0 N–H and O–H groups in total. The van der Waals surface area contributed by atoms with Gasteiger partial charge >= 0.3 is 29.6 Å². The van der Waals surface area contributed by atoms with Gasteiger partial charge in [-0.3, -0.25) is 0 Å². The molecule has 35 heavy (non-hydrogen) atoms. The summed E-state index contributed by atoms with van der Waals surface area (Å²) in [6, 6.07) is 9.80. The quantitative estimate of drug-likeness (QED) is 0.130. The number of aryl methyl sites for hydroxylation is 2. The molecule has 2 aromatic carbocycles. The van der Waals surface area contributed by atoms with E-state index >= 15 is 0 Å². The summed E-state index contributed by atoms with van der Waals surface area (Å²) < 4.78 is 35.8. The molecule has 0 atom stereocenters. The summed E-state index contributed by atoms with van der Waals surface area (Å²) in [5, 5.41) is 1.90. The Morgan fingerprint density at radius 1 is 0.600 bits per heavy atom. The minimum atomic E-state index is -4.47. The van der Waals surface area contributed by atoms with Crippen LogP contribution in [0.1, 0.15) is 128 Å².